The first-order valence-corrected chi connectivity index (χ1v) is 9.23. The molecule has 0 radical (unpaired) electrons. The van der Waals surface area contributed by atoms with E-state index < -0.39 is 5.41 Å². The van der Waals surface area contributed by atoms with Crippen LogP contribution >= 0.6 is 0 Å². The molecule has 6 heteroatoms. The summed E-state index contributed by atoms with van der Waals surface area (Å²) in [5.41, 5.74) is 1.87. The van der Waals surface area contributed by atoms with Crippen LogP contribution < -0.4 is 5.32 Å². The Morgan fingerprint density at radius 3 is 2.78 bits per heavy atom. The fourth-order valence-corrected chi connectivity index (χ4v) is 3.74. The number of benzene rings is 2. The lowest BCUT2D eigenvalue weighted by molar-refractivity contribution is -0.130. The molecule has 1 amide bonds. The zero-order valence-corrected chi connectivity index (χ0v) is 15.0. The molecule has 2 aromatic carbocycles. The number of carbonyl (C=O) groups excluding carboxylic acids is 1. The highest BCUT2D eigenvalue weighted by Gasteiger charge is 2.41. The van der Waals surface area contributed by atoms with E-state index in [0.29, 0.717) is 44.6 Å². The number of amides is 1. The zero-order valence-electron chi connectivity index (χ0n) is 15.0. The molecule has 1 aliphatic heterocycles. The Morgan fingerprint density at radius 1 is 1.19 bits per heavy atom. The summed E-state index contributed by atoms with van der Waals surface area (Å²) in [6.07, 6.45) is 1.70. The van der Waals surface area contributed by atoms with Gasteiger partial charge in [0.05, 0.1) is 16.4 Å². The van der Waals surface area contributed by atoms with Gasteiger partial charge in [-0.1, -0.05) is 24.3 Å². The Hall–Kier alpha value is -2.73. The van der Waals surface area contributed by atoms with E-state index in [1.807, 2.05) is 30.3 Å². The number of hydrogen-bond acceptors (Lipinski definition) is 3. The van der Waals surface area contributed by atoms with Gasteiger partial charge in [0.25, 0.3) is 0 Å². The normalized spacial score (nSPS) is 16.3. The fraction of sp³-hybridized carbons (Fsp3) is 0.333. The summed E-state index contributed by atoms with van der Waals surface area (Å²) in [7, 11) is 0. The number of rotatable bonds is 5. The third-order valence-corrected chi connectivity index (χ3v) is 5.24. The molecule has 0 atom stereocenters. The summed E-state index contributed by atoms with van der Waals surface area (Å²) in [6.45, 7) is 1.46. The van der Waals surface area contributed by atoms with Crippen LogP contribution in [0, 0.1) is 5.82 Å². The summed E-state index contributed by atoms with van der Waals surface area (Å²) in [5, 5.41) is 3.03. The van der Waals surface area contributed by atoms with Crippen LogP contribution in [-0.2, 0) is 21.4 Å². The number of ether oxygens (including phenoxy) is 1. The zero-order chi connectivity index (χ0) is 18.7. The lowest BCUT2D eigenvalue weighted by atomic mass is 9.73. The molecule has 1 fully saturated rings. The molecule has 2 N–H and O–H groups in total. The van der Waals surface area contributed by atoms with Crippen molar-refractivity contribution in [2.45, 2.75) is 24.7 Å². The maximum Gasteiger partial charge on any atom is 0.230 e. The van der Waals surface area contributed by atoms with Gasteiger partial charge in [0, 0.05) is 26.2 Å². The van der Waals surface area contributed by atoms with Gasteiger partial charge in [-0.3, -0.25) is 4.79 Å². The minimum Gasteiger partial charge on any atom is -0.381 e. The van der Waals surface area contributed by atoms with Gasteiger partial charge in [0.1, 0.15) is 11.6 Å². The molecule has 27 heavy (non-hydrogen) atoms. The van der Waals surface area contributed by atoms with Crippen LogP contribution in [0.2, 0.25) is 0 Å². The number of imidazole rings is 1. The second kappa shape index (κ2) is 7.48. The third-order valence-electron chi connectivity index (χ3n) is 5.24. The standard InChI is InChI=1S/C21H22FN3O2/c22-16-5-3-4-15(14-16)21(9-12-27-13-10-21)20(26)23-11-8-19-24-17-6-1-2-7-18(17)25-19/h1-7,14H,8-13H2,(H,23,26)(H,24,25). The van der Waals surface area contributed by atoms with Gasteiger partial charge in [-0.15, -0.1) is 0 Å². The second-order valence-electron chi connectivity index (χ2n) is 6.91. The predicted molar refractivity (Wildman–Crippen MR) is 101 cm³/mol. The van der Waals surface area contributed by atoms with Crippen LogP contribution in [0.4, 0.5) is 4.39 Å². The molecule has 0 spiro atoms. The highest BCUT2D eigenvalue weighted by atomic mass is 19.1. The number of nitrogens with zero attached hydrogens (tertiary/aromatic N) is 1. The Labute approximate surface area is 157 Å². The van der Waals surface area contributed by atoms with Crippen molar-refractivity contribution in [1.82, 2.24) is 15.3 Å². The molecular weight excluding hydrogens is 345 g/mol. The van der Waals surface area contributed by atoms with Gasteiger partial charge in [0.2, 0.25) is 5.91 Å². The summed E-state index contributed by atoms with van der Waals surface area (Å²) in [4.78, 5) is 20.9. The highest BCUT2D eigenvalue weighted by molar-refractivity contribution is 5.88. The second-order valence-corrected chi connectivity index (χ2v) is 6.91. The summed E-state index contributed by atoms with van der Waals surface area (Å²) in [6, 6.07) is 14.2. The van der Waals surface area contributed by atoms with Crippen molar-refractivity contribution in [2.24, 2.45) is 0 Å². The van der Waals surface area contributed by atoms with Gasteiger partial charge in [-0.2, -0.15) is 0 Å². The number of hydrogen-bond donors (Lipinski definition) is 2. The molecule has 4 rings (SSSR count). The lowest BCUT2D eigenvalue weighted by Crippen LogP contribution is -2.48. The van der Waals surface area contributed by atoms with Gasteiger partial charge in [-0.05, 0) is 42.7 Å². The lowest BCUT2D eigenvalue weighted by Gasteiger charge is -2.36. The minimum absolute atomic E-state index is 0.0764. The number of carbonyl (C=O) groups is 1. The van der Waals surface area contributed by atoms with Crippen molar-refractivity contribution < 1.29 is 13.9 Å². The smallest absolute Gasteiger partial charge is 0.230 e. The number of halogens is 1. The van der Waals surface area contributed by atoms with Gasteiger partial charge < -0.3 is 15.0 Å². The van der Waals surface area contributed by atoms with Crippen LogP contribution in [0.1, 0.15) is 24.2 Å². The van der Waals surface area contributed by atoms with E-state index in [4.69, 9.17) is 4.74 Å². The van der Waals surface area contributed by atoms with Gasteiger partial charge >= 0.3 is 0 Å². The SMILES string of the molecule is O=C(NCCc1nc2ccccc2[nH]1)C1(c2cccc(F)c2)CCOCC1. The van der Waals surface area contributed by atoms with E-state index in [0.717, 1.165) is 16.9 Å². The Kier molecular flexibility index (Phi) is 4.90. The van der Waals surface area contributed by atoms with Crippen molar-refractivity contribution in [1.29, 1.82) is 0 Å². The molecule has 0 unspecified atom stereocenters. The molecular formula is C21H22FN3O2. The molecule has 1 saturated heterocycles. The monoisotopic (exact) mass is 367 g/mol. The van der Waals surface area contributed by atoms with Crippen molar-refractivity contribution in [3.8, 4) is 0 Å². The Balaban J connectivity index is 1.47. The van der Waals surface area contributed by atoms with E-state index in [9.17, 15) is 9.18 Å². The molecule has 3 aromatic rings. The molecule has 2 heterocycles. The van der Waals surface area contributed by atoms with Crippen molar-refractivity contribution >= 4 is 16.9 Å². The van der Waals surface area contributed by atoms with Crippen molar-refractivity contribution in [3.05, 3.63) is 65.7 Å². The average Bonchev–Trinajstić information content (AvgIpc) is 3.11. The minimum atomic E-state index is -0.742. The number of para-hydroxylation sites is 2. The summed E-state index contributed by atoms with van der Waals surface area (Å²) >= 11 is 0. The largest absolute Gasteiger partial charge is 0.381 e. The average molecular weight is 367 g/mol. The third kappa shape index (κ3) is 3.57. The predicted octanol–water partition coefficient (Wildman–Crippen LogP) is 3.11. The maximum absolute atomic E-state index is 13.8. The molecule has 1 aromatic heterocycles. The van der Waals surface area contributed by atoms with E-state index >= 15 is 0 Å². The maximum atomic E-state index is 13.8. The first kappa shape index (κ1) is 17.7. The van der Waals surface area contributed by atoms with Crippen molar-refractivity contribution in [3.63, 3.8) is 0 Å². The number of fused-ring (bicyclic) bond motifs is 1. The highest BCUT2D eigenvalue weighted by Crippen LogP contribution is 2.35. The van der Waals surface area contributed by atoms with Crippen molar-refractivity contribution in [2.75, 3.05) is 19.8 Å². The first-order valence-electron chi connectivity index (χ1n) is 9.23. The fourth-order valence-electron chi connectivity index (χ4n) is 3.74. The van der Waals surface area contributed by atoms with Crippen LogP contribution in [0.15, 0.2) is 48.5 Å². The number of nitrogens with one attached hydrogen (secondary N) is 2. The van der Waals surface area contributed by atoms with Gasteiger partial charge in [0.15, 0.2) is 0 Å². The topological polar surface area (TPSA) is 67.0 Å². The van der Waals surface area contributed by atoms with E-state index in [-0.39, 0.29) is 11.7 Å². The number of aromatic amines is 1. The number of H-pyrrole nitrogens is 1. The number of aromatic nitrogens is 2. The molecule has 0 aliphatic carbocycles. The van der Waals surface area contributed by atoms with Crippen LogP contribution in [0.3, 0.4) is 0 Å². The van der Waals surface area contributed by atoms with Crippen LogP contribution in [0.5, 0.6) is 0 Å². The Bertz CT molecular complexity index is 914. The summed E-state index contributed by atoms with van der Waals surface area (Å²) in [5.74, 6) is 0.434. The Morgan fingerprint density at radius 2 is 2.00 bits per heavy atom. The molecule has 140 valence electrons. The summed E-state index contributed by atoms with van der Waals surface area (Å²) < 4.78 is 19.2. The van der Waals surface area contributed by atoms with E-state index in [1.54, 1.807) is 6.07 Å². The van der Waals surface area contributed by atoms with E-state index in [2.05, 4.69) is 15.3 Å². The molecule has 0 bridgehead atoms. The van der Waals surface area contributed by atoms with E-state index in [1.165, 1.54) is 12.1 Å². The van der Waals surface area contributed by atoms with Crippen LogP contribution in [0.25, 0.3) is 11.0 Å². The molecule has 1 aliphatic rings. The van der Waals surface area contributed by atoms with Gasteiger partial charge in [-0.25, -0.2) is 9.37 Å². The molecule has 5 nitrogen and oxygen atoms in total. The first-order chi connectivity index (χ1) is 13.2. The quantitative estimate of drug-likeness (QED) is 0.728. The molecule has 0 saturated carbocycles. The van der Waals surface area contributed by atoms with Crippen LogP contribution in [-0.4, -0.2) is 35.6 Å².